The molecule has 1 heterocycles. The molecule has 3 amide bonds. The second-order valence-corrected chi connectivity index (χ2v) is 13.3. The van der Waals surface area contributed by atoms with Crippen LogP contribution in [0.4, 0.5) is 16.2 Å². The summed E-state index contributed by atoms with van der Waals surface area (Å²) in [6, 6.07) is 21.2. The molecule has 0 saturated heterocycles. The molecule has 52 heavy (non-hydrogen) atoms. The maximum absolute atomic E-state index is 13.5. The van der Waals surface area contributed by atoms with Gasteiger partial charge in [0, 0.05) is 23.9 Å². The number of anilines is 2. The molecule has 12 nitrogen and oxygen atoms in total. The van der Waals surface area contributed by atoms with E-state index in [0.29, 0.717) is 17.0 Å². The third-order valence-corrected chi connectivity index (χ3v) is 8.33. The zero-order valence-electron chi connectivity index (χ0n) is 29.6. The van der Waals surface area contributed by atoms with Crippen LogP contribution in [0.1, 0.15) is 65.1 Å². The molecule has 0 aliphatic carbocycles. The molecule has 0 fully saturated rings. The summed E-state index contributed by atoms with van der Waals surface area (Å²) < 4.78 is 28.0. The third kappa shape index (κ3) is 8.93. The molecule has 4 aromatic carbocycles. The SMILES string of the molecule is COc1cc2c(c(OC)c1OC)C(=O)CC(c1cccc(NC(=O)c3cc(NC(=O)[C@H](Cc4ccccc4)NC(=O)OC(C)(C)C)ccc3Cl)c1)O2. The molecule has 1 aliphatic heterocycles. The van der Waals surface area contributed by atoms with Gasteiger partial charge in [0.05, 0.1) is 38.3 Å². The van der Waals surface area contributed by atoms with Gasteiger partial charge in [0.25, 0.3) is 5.91 Å². The lowest BCUT2D eigenvalue weighted by Crippen LogP contribution is -2.47. The Morgan fingerprint density at radius 1 is 0.865 bits per heavy atom. The summed E-state index contributed by atoms with van der Waals surface area (Å²) in [6.45, 7) is 5.19. The zero-order chi connectivity index (χ0) is 37.6. The second-order valence-electron chi connectivity index (χ2n) is 12.9. The fraction of sp³-hybridized carbons (Fsp3) is 0.282. The number of hydrogen-bond donors (Lipinski definition) is 3. The quantitative estimate of drug-likeness (QED) is 0.144. The number of benzene rings is 4. The molecule has 5 rings (SSSR count). The summed E-state index contributed by atoms with van der Waals surface area (Å²) in [6.07, 6.45) is -1.20. The van der Waals surface area contributed by atoms with E-state index in [1.807, 2.05) is 30.3 Å². The van der Waals surface area contributed by atoms with E-state index < -0.39 is 35.7 Å². The topological polar surface area (TPSA) is 151 Å². The molecule has 1 aliphatic rings. The van der Waals surface area contributed by atoms with Crippen molar-refractivity contribution in [1.82, 2.24) is 5.32 Å². The minimum absolute atomic E-state index is 0.0118. The van der Waals surface area contributed by atoms with Gasteiger partial charge in [0.1, 0.15) is 29.1 Å². The van der Waals surface area contributed by atoms with E-state index in [2.05, 4.69) is 16.0 Å². The minimum atomic E-state index is -0.988. The van der Waals surface area contributed by atoms with Gasteiger partial charge in [0.15, 0.2) is 17.3 Å². The Labute approximate surface area is 306 Å². The molecule has 0 radical (unpaired) electrons. The maximum atomic E-state index is 13.5. The first kappa shape index (κ1) is 37.5. The average molecular weight is 730 g/mol. The Hall–Kier alpha value is -5.75. The Kier molecular flexibility index (Phi) is 11.6. The maximum Gasteiger partial charge on any atom is 0.408 e. The van der Waals surface area contributed by atoms with Gasteiger partial charge in [-0.2, -0.15) is 0 Å². The van der Waals surface area contributed by atoms with Crippen LogP contribution < -0.4 is 34.9 Å². The lowest BCUT2D eigenvalue weighted by atomic mass is 9.94. The number of Topliss-reactive ketones (excluding diaryl/α,β-unsaturated/α-hetero) is 1. The number of ether oxygens (including phenoxy) is 5. The number of rotatable bonds is 11. The van der Waals surface area contributed by atoms with Gasteiger partial charge < -0.3 is 39.6 Å². The molecule has 0 saturated carbocycles. The van der Waals surface area contributed by atoms with Crippen LogP contribution in [0.15, 0.2) is 78.9 Å². The Morgan fingerprint density at radius 2 is 1.58 bits per heavy atom. The first-order chi connectivity index (χ1) is 24.8. The van der Waals surface area contributed by atoms with E-state index in [-0.39, 0.29) is 57.7 Å². The van der Waals surface area contributed by atoms with E-state index in [1.54, 1.807) is 57.2 Å². The van der Waals surface area contributed by atoms with Crippen LogP contribution in [0.3, 0.4) is 0 Å². The van der Waals surface area contributed by atoms with E-state index >= 15 is 0 Å². The van der Waals surface area contributed by atoms with Crippen molar-refractivity contribution < 1.29 is 42.9 Å². The van der Waals surface area contributed by atoms with Crippen LogP contribution in [0, 0.1) is 0 Å². The van der Waals surface area contributed by atoms with E-state index in [9.17, 15) is 19.2 Å². The molecule has 1 unspecified atom stereocenters. The molecule has 2 atom stereocenters. The van der Waals surface area contributed by atoms with Gasteiger partial charge in [-0.25, -0.2) is 4.79 Å². The van der Waals surface area contributed by atoms with Crippen LogP contribution in [0.2, 0.25) is 5.02 Å². The largest absolute Gasteiger partial charge is 0.493 e. The average Bonchev–Trinajstić information content (AvgIpc) is 3.10. The number of alkyl carbamates (subject to hydrolysis) is 1. The lowest BCUT2D eigenvalue weighted by molar-refractivity contribution is -0.118. The number of halogens is 1. The highest BCUT2D eigenvalue weighted by Gasteiger charge is 2.34. The molecule has 13 heteroatoms. The predicted octanol–water partition coefficient (Wildman–Crippen LogP) is 7.40. The van der Waals surface area contributed by atoms with Crippen molar-refractivity contribution in [2.24, 2.45) is 0 Å². The van der Waals surface area contributed by atoms with E-state index in [4.69, 9.17) is 35.3 Å². The molecule has 3 N–H and O–H groups in total. The lowest BCUT2D eigenvalue weighted by Gasteiger charge is -2.28. The number of methoxy groups -OCH3 is 3. The monoisotopic (exact) mass is 729 g/mol. The van der Waals surface area contributed by atoms with Gasteiger partial charge in [0.2, 0.25) is 11.7 Å². The normalized spacial score (nSPS) is 14.2. The number of hydrogen-bond acceptors (Lipinski definition) is 9. The van der Waals surface area contributed by atoms with Crippen molar-refractivity contribution in [3.8, 4) is 23.0 Å². The van der Waals surface area contributed by atoms with Gasteiger partial charge in [-0.1, -0.05) is 54.1 Å². The standard InChI is InChI=1S/C39H40ClN3O9/c1-39(2,3)52-38(47)43-28(17-22-11-8-7-9-12-22)37(46)42-25-15-16-27(40)26(19-25)36(45)41-24-14-10-13-23(18-24)30-20-29(44)33-31(51-30)21-32(48-4)34(49-5)35(33)50-6/h7-16,18-19,21,28,30H,17,20H2,1-6H3,(H,41,45)(H,42,46)(H,43,47)/t28-,30?/m0/s1. The van der Waals surface area contributed by atoms with Crippen LogP contribution in [0.25, 0.3) is 0 Å². The van der Waals surface area contributed by atoms with E-state index in [0.717, 1.165) is 5.56 Å². The fourth-order valence-electron chi connectivity index (χ4n) is 5.67. The van der Waals surface area contributed by atoms with Crippen LogP contribution in [-0.2, 0) is 16.0 Å². The van der Waals surface area contributed by atoms with Gasteiger partial charge in [-0.3, -0.25) is 14.4 Å². The highest BCUT2D eigenvalue weighted by molar-refractivity contribution is 6.34. The first-order valence-electron chi connectivity index (χ1n) is 16.4. The van der Waals surface area contributed by atoms with Crippen LogP contribution in [0.5, 0.6) is 23.0 Å². The van der Waals surface area contributed by atoms with E-state index in [1.165, 1.54) is 33.5 Å². The number of ketones is 1. The minimum Gasteiger partial charge on any atom is -0.493 e. The number of carbonyl (C=O) groups excluding carboxylic acids is 4. The number of amides is 3. The zero-order valence-corrected chi connectivity index (χ0v) is 30.4. The molecule has 0 bridgehead atoms. The van der Waals surface area contributed by atoms with Crippen molar-refractivity contribution in [1.29, 1.82) is 0 Å². The van der Waals surface area contributed by atoms with Crippen LogP contribution >= 0.6 is 11.6 Å². The Morgan fingerprint density at radius 3 is 2.25 bits per heavy atom. The first-order valence-corrected chi connectivity index (χ1v) is 16.8. The molecule has 272 valence electrons. The molecule has 4 aromatic rings. The summed E-state index contributed by atoms with van der Waals surface area (Å²) >= 11 is 6.45. The van der Waals surface area contributed by atoms with Gasteiger partial charge in [-0.15, -0.1) is 0 Å². The van der Waals surface area contributed by atoms with Gasteiger partial charge >= 0.3 is 6.09 Å². The Bertz CT molecular complexity index is 1980. The highest BCUT2D eigenvalue weighted by Crippen LogP contribution is 2.49. The van der Waals surface area contributed by atoms with Crippen molar-refractivity contribution in [3.63, 3.8) is 0 Å². The van der Waals surface area contributed by atoms with Crippen molar-refractivity contribution in [2.75, 3.05) is 32.0 Å². The molecular weight excluding hydrogens is 690 g/mol. The summed E-state index contributed by atoms with van der Waals surface area (Å²) in [4.78, 5) is 53.0. The number of fused-ring (bicyclic) bond motifs is 1. The summed E-state index contributed by atoms with van der Waals surface area (Å²) in [5.74, 6) is -0.140. The summed E-state index contributed by atoms with van der Waals surface area (Å²) in [7, 11) is 4.37. The highest BCUT2D eigenvalue weighted by atomic mass is 35.5. The smallest absolute Gasteiger partial charge is 0.408 e. The number of carbonyl (C=O) groups is 4. The van der Waals surface area contributed by atoms with Crippen LogP contribution in [-0.4, -0.2) is 56.7 Å². The summed E-state index contributed by atoms with van der Waals surface area (Å²) in [5.41, 5.74) is 1.75. The second kappa shape index (κ2) is 16.1. The van der Waals surface area contributed by atoms with Gasteiger partial charge in [-0.05, 0) is 62.2 Å². The predicted molar refractivity (Wildman–Crippen MR) is 196 cm³/mol. The molecular formula is C39H40ClN3O9. The third-order valence-electron chi connectivity index (χ3n) is 8.00. The van der Waals surface area contributed by atoms with Crippen molar-refractivity contribution in [2.45, 2.75) is 51.4 Å². The van der Waals surface area contributed by atoms with Crippen molar-refractivity contribution >= 4 is 46.7 Å². The Balaban J connectivity index is 1.32. The fourth-order valence-corrected chi connectivity index (χ4v) is 5.88. The molecule has 0 spiro atoms. The summed E-state index contributed by atoms with van der Waals surface area (Å²) in [5, 5.41) is 8.42. The number of nitrogens with one attached hydrogen (secondary N) is 3. The van der Waals surface area contributed by atoms with Crippen molar-refractivity contribution in [3.05, 3.63) is 106 Å². The molecule has 0 aromatic heterocycles.